The number of carbonyl (C=O) groups excluding carboxylic acids is 1. The predicted octanol–water partition coefficient (Wildman–Crippen LogP) is 1.05. The lowest BCUT2D eigenvalue weighted by Crippen LogP contribution is -2.29. The lowest BCUT2D eigenvalue weighted by atomic mass is 10.7. The van der Waals surface area contributed by atoms with Crippen molar-refractivity contribution in [2.75, 3.05) is 19.8 Å². The minimum atomic E-state index is -3.88. The van der Waals surface area contributed by atoms with Gasteiger partial charge in [0.05, 0.1) is 13.2 Å². The molecule has 15 heavy (non-hydrogen) atoms. The zero-order valence-corrected chi connectivity index (χ0v) is 9.45. The molecule has 1 amide bonds. The molecule has 0 rings (SSSR count). The van der Waals surface area contributed by atoms with E-state index in [1.54, 1.807) is 13.8 Å². The van der Waals surface area contributed by atoms with Gasteiger partial charge in [0.2, 0.25) is 0 Å². The van der Waals surface area contributed by atoms with E-state index in [-0.39, 0.29) is 13.2 Å². The summed E-state index contributed by atoms with van der Waals surface area (Å²) >= 11 is 0. The van der Waals surface area contributed by atoms with Crippen molar-refractivity contribution < 1.29 is 28.3 Å². The fraction of sp³-hybridized carbons (Fsp3) is 0.714. The highest BCUT2D eigenvalue weighted by molar-refractivity contribution is 7.71. The molecule has 0 bridgehead atoms. The molecule has 0 atom stereocenters. The van der Waals surface area contributed by atoms with Crippen LogP contribution >= 0.6 is 7.60 Å². The van der Waals surface area contributed by atoms with E-state index in [2.05, 4.69) is 0 Å². The fourth-order valence-electron chi connectivity index (χ4n) is 0.742. The number of hydrogen-bond donors (Lipinski definition) is 2. The minimum absolute atomic E-state index is 0.0395. The number of amides is 1. The molecule has 0 aliphatic heterocycles. The summed E-state index contributed by atoms with van der Waals surface area (Å²) in [4.78, 5) is 21.4. The first kappa shape index (κ1) is 14.1. The van der Waals surface area contributed by atoms with Gasteiger partial charge in [0.25, 0.3) is 0 Å². The summed E-state index contributed by atoms with van der Waals surface area (Å²) in [6.07, 6.45) is 0. The SMILES string of the molecule is CCOP(=O)(OCC)C(=O)NCC(=O)O. The van der Waals surface area contributed by atoms with Crippen molar-refractivity contribution in [1.82, 2.24) is 5.32 Å². The Balaban J connectivity index is 4.41. The molecule has 2 N–H and O–H groups in total. The number of rotatable bonds is 7. The van der Waals surface area contributed by atoms with E-state index in [1.807, 2.05) is 5.32 Å². The van der Waals surface area contributed by atoms with Gasteiger partial charge >= 0.3 is 19.2 Å². The Kier molecular flexibility index (Phi) is 6.15. The van der Waals surface area contributed by atoms with E-state index in [0.29, 0.717) is 0 Å². The van der Waals surface area contributed by atoms with Crippen molar-refractivity contribution in [2.45, 2.75) is 13.8 Å². The largest absolute Gasteiger partial charge is 0.480 e. The molecule has 0 radical (unpaired) electrons. The third-order valence-electron chi connectivity index (χ3n) is 1.24. The second kappa shape index (κ2) is 6.55. The van der Waals surface area contributed by atoms with E-state index in [9.17, 15) is 14.2 Å². The van der Waals surface area contributed by atoms with Crippen LogP contribution in [0.4, 0.5) is 4.79 Å². The second-order valence-electron chi connectivity index (χ2n) is 2.39. The maximum atomic E-state index is 11.7. The van der Waals surface area contributed by atoms with Crippen LogP contribution in [0.25, 0.3) is 0 Å². The second-order valence-corrected chi connectivity index (χ2v) is 4.30. The Morgan fingerprint density at radius 3 is 2.07 bits per heavy atom. The van der Waals surface area contributed by atoms with Crippen LogP contribution in [-0.2, 0) is 18.4 Å². The topological polar surface area (TPSA) is 102 Å². The molecule has 0 unspecified atom stereocenters. The van der Waals surface area contributed by atoms with Crippen molar-refractivity contribution in [1.29, 1.82) is 0 Å². The highest BCUT2D eigenvalue weighted by Crippen LogP contribution is 2.48. The summed E-state index contributed by atoms with van der Waals surface area (Å²) < 4.78 is 21.1. The molecule has 8 heteroatoms. The van der Waals surface area contributed by atoms with E-state index in [4.69, 9.17) is 14.2 Å². The zero-order valence-electron chi connectivity index (χ0n) is 8.56. The van der Waals surface area contributed by atoms with Gasteiger partial charge in [-0.25, -0.2) is 4.57 Å². The molecule has 88 valence electrons. The fourth-order valence-corrected chi connectivity index (χ4v) is 2.00. The summed E-state index contributed by atoms with van der Waals surface area (Å²) in [7, 11) is -3.88. The van der Waals surface area contributed by atoms with Crippen molar-refractivity contribution in [2.24, 2.45) is 0 Å². The number of carboxylic acids is 1. The normalized spacial score (nSPS) is 11.1. The van der Waals surface area contributed by atoms with Crippen LogP contribution in [0.5, 0.6) is 0 Å². The van der Waals surface area contributed by atoms with E-state index in [0.717, 1.165) is 0 Å². The molecule has 0 spiro atoms. The number of nitrogens with one attached hydrogen (secondary N) is 1. The molecule has 0 fully saturated rings. The van der Waals surface area contributed by atoms with Crippen LogP contribution in [0, 0.1) is 0 Å². The molecular formula is C7H14NO6P. The van der Waals surface area contributed by atoms with Gasteiger partial charge in [0, 0.05) is 0 Å². The molecule has 0 aliphatic carbocycles. The molecule has 0 aromatic carbocycles. The first-order valence-electron chi connectivity index (χ1n) is 4.35. The molecule has 0 heterocycles. The smallest absolute Gasteiger partial charge is 0.418 e. The lowest BCUT2D eigenvalue weighted by Gasteiger charge is -2.15. The average molecular weight is 239 g/mol. The first-order valence-corrected chi connectivity index (χ1v) is 5.89. The maximum Gasteiger partial charge on any atom is 0.418 e. The molecule has 0 aliphatic rings. The van der Waals surface area contributed by atoms with Crippen molar-refractivity contribution >= 4 is 19.2 Å². The number of carboxylic acid groups (broad SMARTS) is 1. The summed E-state index contributed by atoms with van der Waals surface area (Å²) in [5.41, 5.74) is -1.03. The molecule has 0 aromatic rings. The molecule has 0 saturated carbocycles. The summed E-state index contributed by atoms with van der Waals surface area (Å²) in [5, 5.41) is 10.2. The highest BCUT2D eigenvalue weighted by atomic mass is 31.2. The molecular weight excluding hydrogens is 225 g/mol. The summed E-state index contributed by atoms with van der Waals surface area (Å²) in [6, 6.07) is 0. The first-order chi connectivity index (χ1) is 6.96. The minimum Gasteiger partial charge on any atom is -0.480 e. The van der Waals surface area contributed by atoms with Gasteiger partial charge in [-0.05, 0) is 13.8 Å². The number of carbonyl (C=O) groups is 2. The Labute approximate surface area is 87.3 Å². The predicted molar refractivity (Wildman–Crippen MR) is 51.9 cm³/mol. The van der Waals surface area contributed by atoms with Crippen molar-refractivity contribution in [3.63, 3.8) is 0 Å². The van der Waals surface area contributed by atoms with Gasteiger partial charge in [-0.3, -0.25) is 9.59 Å². The summed E-state index contributed by atoms with van der Waals surface area (Å²) in [6.45, 7) is 2.56. The van der Waals surface area contributed by atoms with E-state index < -0.39 is 25.8 Å². The number of aliphatic carboxylic acids is 1. The standard InChI is InChI=1S/C7H14NO6P/c1-3-13-15(12,14-4-2)7(11)8-5-6(9)10/h3-5H2,1-2H3,(H,8,11)(H,9,10). The number of hydrogen-bond acceptors (Lipinski definition) is 5. The van der Waals surface area contributed by atoms with Crippen LogP contribution in [0.15, 0.2) is 0 Å². The van der Waals surface area contributed by atoms with Crippen LogP contribution in [0.3, 0.4) is 0 Å². The zero-order chi connectivity index (χ0) is 11.9. The summed E-state index contributed by atoms with van der Waals surface area (Å²) in [5.74, 6) is -1.23. The molecule has 0 saturated heterocycles. The van der Waals surface area contributed by atoms with Gasteiger partial charge in [-0.2, -0.15) is 0 Å². The maximum absolute atomic E-state index is 11.7. The van der Waals surface area contributed by atoms with Crippen LogP contribution in [0.2, 0.25) is 0 Å². The van der Waals surface area contributed by atoms with Gasteiger partial charge in [0.15, 0.2) is 0 Å². The van der Waals surface area contributed by atoms with E-state index >= 15 is 0 Å². The van der Waals surface area contributed by atoms with Gasteiger partial charge in [-0.1, -0.05) is 0 Å². The quantitative estimate of drug-likeness (QED) is 0.643. The lowest BCUT2D eigenvalue weighted by molar-refractivity contribution is -0.135. The Bertz CT molecular complexity index is 269. The van der Waals surface area contributed by atoms with Gasteiger partial charge in [0.1, 0.15) is 6.54 Å². The Morgan fingerprint density at radius 1 is 1.27 bits per heavy atom. The monoisotopic (exact) mass is 239 g/mol. The third-order valence-corrected chi connectivity index (χ3v) is 3.09. The van der Waals surface area contributed by atoms with Gasteiger partial charge < -0.3 is 19.5 Å². The van der Waals surface area contributed by atoms with Crippen molar-refractivity contribution in [3.05, 3.63) is 0 Å². The van der Waals surface area contributed by atoms with Crippen LogP contribution in [-0.4, -0.2) is 36.5 Å². The van der Waals surface area contributed by atoms with E-state index in [1.165, 1.54) is 0 Å². The molecule has 0 aromatic heterocycles. The third kappa shape index (κ3) is 4.92. The van der Waals surface area contributed by atoms with Crippen LogP contribution < -0.4 is 5.32 Å². The van der Waals surface area contributed by atoms with Crippen LogP contribution in [0.1, 0.15) is 13.8 Å². The van der Waals surface area contributed by atoms with Gasteiger partial charge in [-0.15, -0.1) is 0 Å². The Hall–Kier alpha value is -0.910. The van der Waals surface area contributed by atoms with Crippen molar-refractivity contribution in [3.8, 4) is 0 Å². The highest BCUT2D eigenvalue weighted by Gasteiger charge is 2.34. The average Bonchev–Trinajstić information content (AvgIpc) is 2.14. The molecule has 7 nitrogen and oxygen atoms in total. The Morgan fingerprint density at radius 2 is 1.73 bits per heavy atom.